The van der Waals surface area contributed by atoms with Crippen LogP contribution in [0.25, 0.3) is 11.0 Å². The number of esters is 1. The lowest BCUT2D eigenvalue weighted by Crippen LogP contribution is -2.12. The fourth-order valence-corrected chi connectivity index (χ4v) is 2.03. The van der Waals surface area contributed by atoms with Crippen LogP contribution in [0.15, 0.2) is 53.6 Å². The lowest BCUT2D eigenvalue weighted by molar-refractivity contribution is -0.142. The van der Waals surface area contributed by atoms with Crippen LogP contribution in [0.2, 0.25) is 0 Å². The highest BCUT2D eigenvalue weighted by molar-refractivity contribution is 5.81. The zero-order valence-corrected chi connectivity index (χ0v) is 13.0. The van der Waals surface area contributed by atoms with Gasteiger partial charge in [-0.15, -0.1) is 0 Å². The van der Waals surface area contributed by atoms with Crippen LogP contribution in [0.3, 0.4) is 0 Å². The number of benzene rings is 2. The van der Waals surface area contributed by atoms with E-state index in [9.17, 15) is 4.79 Å². The van der Waals surface area contributed by atoms with Gasteiger partial charge in [0.15, 0.2) is 6.61 Å². The second kappa shape index (κ2) is 7.28. The molecule has 1 heterocycles. The maximum atomic E-state index is 11.0. The van der Waals surface area contributed by atoms with Gasteiger partial charge in [-0.25, -0.2) is 15.2 Å². The van der Waals surface area contributed by atoms with Crippen LogP contribution in [-0.4, -0.2) is 35.9 Å². The van der Waals surface area contributed by atoms with Gasteiger partial charge in [0.1, 0.15) is 5.75 Å². The third kappa shape index (κ3) is 3.89. The van der Waals surface area contributed by atoms with Crippen molar-refractivity contribution in [1.29, 1.82) is 0 Å². The summed E-state index contributed by atoms with van der Waals surface area (Å²) in [4.78, 5) is 18.5. The molecule has 0 bridgehead atoms. The molecule has 3 rings (SSSR count). The summed E-state index contributed by atoms with van der Waals surface area (Å²) in [6.07, 6.45) is 1.66. The summed E-state index contributed by atoms with van der Waals surface area (Å²) < 4.78 is 9.78. The first kappa shape index (κ1) is 15.5. The average Bonchev–Trinajstić information content (AvgIpc) is 3.03. The number of rotatable bonds is 6. The van der Waals surface area contributed by atoms with Gasteiger partial charge in [0.2, 0.25) is 5.95 Å². The van der Waals surface area contributed by atoms with Crippen LogP contribution < -0.4 is 10.2 Å². The van der Waals surface area contributed by atoms with Gasteiger partial charge in [-0.2, -0.15) is 5.10 Å². The number of nitrogens with one attached hydrogen (secondary N) is 2. The zero-order valence-electron chi connectivity index (χ0n) is 13.0. The van der Waals surface area contributed by atoms with Gasteiger partial charge in [0.05, 0.1) is 24.4 Å². The second-order valence-electron chi connectivity index (χ2n) is 4.91. The molecule has 0 aliphatic carbocycles. The molecule has 24 heavy (non-hydrogen) atoms. The number of H-pyrrole nitrogens is 1. The van der Waals surface area contributed by atoms with E-state index in [1.165, 1.54) is 7.11 Å². The summed E-state index contributed by atoms with van der Waals surface area (Å²) in [7, 11) is 1.32. The van der Waals surface area contributed by atoms with Crippen molar-refractivity contribution in [2.75, 3.05) is 19.1 Å². The molecule has 3 aromatic rings. The number of carbonyl (C=O) groups excluding carboxylic acids is 1. The number of aromatic nitrogens is 2. The summed E-state index contributed by atoms with van der Waals surface area (Å²) in [6, 6.07) is 14.9. The first-order chi connectivity index (χ1) is 11.7. The predicted molar refractivity (Wildman–Crippen MR) is 91.3 cm³/mol. The monoisotopic (exact) mass is 324 g/mol. The number of carbonyl (C=O) groups is 1. The quantitative estimate of drug-likeness (QED) is 0.413. The zero-order chi connectivity index (χ0) is 16.8. The normalized spacial score (nSPS) is 10.9. The molecule has 0 fully saturated rings. The van der Waals surface area contributed by atoms with E-state index in [2.05, 4.69) is 25.2 Å². The van der Waals surface area contributed by atoms with Crippen LogP contribution >= 0.6 is 0 Å². The van der Waals surface area contributed by atoms with E-state index in [0.717, 1.165) is 16.6 Å². The standard InChI is InChI=1S/C17H16N4O3/c1-23-16(22)11-24-13-8-6-12(7-9-13)10-18-21-17-19-14-4-2-3-5-15(14)20-17/h2-10H,11H2,1H3,(H2,19,20,21). The SMILES string of the molecule is COC(=O)COc1ccc(C=NNc2nc3ccccc3[nH]2)cc1. The van der Waals surface area contributed by atoms with E-state index in [1.54, 1.807) is 18.3 Å². The fourth-order valence-electron chi connectivity index (χ4n) is 2.03. The number of imidazole rings is 1. The van der Waals surface area contributed by atoms with Gasteiger partial charge in [-0.3, -0.25) is 0 Å². The Morgan fingerprint density at radius 3 is 2.79 bits per heavy atom. The number of para-hydroxylation sites is 2. The van der Waals surface area contributed by atoms with Gasteiger partial charge in [-0.05, 0) is 42.0 Å². The minimum atomic E-state index is -0.421. The summed E-state index contributed by atoms with van der Waals surface area (Å²) in [5, 5.41) is 4.14. The van der Waals surface area contributed by atoms with Crippen molar-refractivity contribution >= 4 is 29.2 Å². The molecular weight excluding hydrogens is 308 g/mol. The predicted octanol–water partition coefficient (Wildman–Crippen LogP) is 2.56. The van der Waals surface area contributed by atoms with Crippen LogP contribution in [0, 0.1) is 0 Å². The number of methoxy groups -OCH3 is 1. The molecule has 1 aromatic heterocycles. The first-order valence-electron chi connectivity index (χ1n) is 7.28. The van der Waals surface area contributed by atoms with Crippen LogP contribution in [-0.2, 0) is 9.53 Å². The molecule has 0 unspecified atom stereocenters. The third-order valence-electron chi connectivity index (χ3n) is 3.24. The smallest absolute Gasteiger partial charge is 0.343 e. The molecule has 0 atom stereocenters. The molecule has 0 saturated carbocycles. The minimum absolute atomic E-state index is 0.114. The molecule has 0 aliphatic heterocycles. The molecule has 7 heteroatoms. The van der Waals surface area contributed by atoms with Crippen molar-refractivity contribution < 1.29 is 14.3 Å². The van der Waals surface area contributed by atoms with E-state index < -0.39 is 5.97 Å². The van der Waals surface area contributed by atoms with Gasteiger partial charge in [0, 0.05) is 0 Å². The molecular formula is C17H16N4O3. The Bertz CT molecular complexity index is 823. The Morgan fingerprint density at radius 2 is 2.04 bits per heavy atom. The highest BCUT2D eigenvalue weighted by atomic mass is 16.6. The molecule has 0 amide bonds. The minimum Gasteiger partial charge on any atom is -0.482 e. The van der Waals surface area contributed by atoms with Crippen molar-refractivity contribution in [3.05, 3.63) is 54.1 Å². The van der Waals surface area contributed by atoms with E-state index in [-0.39, 0.29) is 6.61 Å². The number of fused-ring (bicyclic) bond motifs is 1. The van der Waals surface area contributed by atoms with Crippen LogP contribution in [0.5, 0.6) is 5.75 Å². The lowest BCUT2D eigenvalue weighted by Gasteiger charge is -2.04. The van der Waals surface area contributed by atoms with Crippen molar-refractivity contribution in [2.24, 2.45) is 5.10 Å². The number of hydrazone groups is 1. The molecule has 122 valence electrons. The molecule has 0 aliphatic rings. The number of hydrogen-bond donors (Lipinski definition) is 2. The Morgan fingerprint density at radius 1 is 1.25 bits per heavy atom. The number of nitrogens with zero attached hydrogens (tertiary/aromatic N) is 2. The van der Waals surface area contributed by atoms with Crippen LogP contribution in [0.1, 0.15) is 5.56 Å². The summed E-state index contributed by atoms with van der Waals surface area (Å²) in [5.41, 5.74) is 5.56. The van der Waals surface area contributed by atoms with Gasteiger partial charge in [0.25, 0.3) is 0 Å². The van der Waals surface area contributed by atoms with Crippen molar-refractivity contribution in [3.63, 3.8) is 0 Å². The van der Waals surface area contributed by atoms with Crippen molar-refractivity contribution in [1.82, 2.24) is 9.97 Å². The third-order valence-corrected chi connectivity index (χ3v) is 3.24. The number of aromatic amines is 1. The largest absolute Gasteiger partial charge is 0.482 e. The fraction of sp³-hybridized carbons (Fsp3) is 0.118. The summed E-state index contributed by atoms with van der Waals surface area (Å²) >= 11 is 0. The van der Waals surface area contributed by atoms with Gasteiger partial charge < -0.3 is 14.5 Å². The molecule has 0 radical (unpaired) electrons. The maximum Gasteiger partial charge on any atom is 0.343 e. The molecule has 7 nitrogen and oxygen atoms in total. The number of anilines is 1. The average molecular weight is 324 g/mol. The van der Waals surface area contributed by atoms with E-state index in [4.69, 9.17) is 4.74 Å². The molecule has 0 saturated heterocycles. The summed E-state index contributed by atoms with van der Waals surface area (Å²) in [5.74, 6) is 0.740. The first-order valence-corrected chi connectivity index (χ1v) is 7.28. The summed E-state index contributed by atoms with van der Waals surface area (Å²) in [6.45, 7) is -0.114. The Labute approximate surface area is 138 Å². The Balaban J connectivity index is 1.57. The highest BCUT2D eigenvalue weighted by Crippen LogP contribution is 2.13. The van der Waals surface area contributed by atoms with Crippen LogP contribution in [0.4, 0.5) is 5.95 Å². The number of ether oxygens (including phenoxy) is 2. The Kier molecular flexibility index (Phi) is 4.71. The molecule has 2 aromatic carbocycles. The van der Waals surface area contributed by atoms with Gasteiger partial charge >= 0.3 is 5.97 Å². The van der Waals surface area contributed by atoms with E-state index in [1.807, 2.05) is 36.4 Å². The lowest BCUT2D eigenvalue weighted by atomic mass is 10.2. The van der Waals surface area contributed by atoms with Crippen molar-refractivity contribution in [3.8, 4) is 5.75 Å². The number of hydrogen-bond acceptors (Lipinski definition) is 6. The second-order valence-corrected chi connectivity index (χ2v) is 4.91. The van der Waals surface area contributed by atoms with E-state index in [0.29, 0.717) is 11.7 Å². The Hall–Kier alpha value is -3.35. The topological polar surface area (TPSA) is 88.6 Å². The van der Waals surface area contributed by atoms with Crippen molar-refractivity contribution in [2.45, 2.75) is 0 Å². The van der Waals surface area contributed by atoms with Gasteiger partial charge in [-0.1, -0.05) is 12.1 Å². The highest BCUT2D eigenvalue weighted by Gasteiger charge is 2.01. The maximum absolute atomic E-state index is 11.0. The molecule has 2 N–H and O–H groups in total. The molecule has 0 spiro atoms. The van der Waals surface area contributed by atoms with E-state index >= 15 is 0 Å².